The molecule has 41 heavy (non-hydrogen) atoms. The molecule has 0 saturated carbocycles. The molecule has 1 amide bonds. The molecule has 2 heterocycles. The van der Waals surface area contributed by atoms with E-state index in [2.05, 4.69) is 26.1 Å². The van der Waals surface area contributed by atoms with Crippen molar-refractivity contribution >= 4 is 39.2 Å². The third-order valence-electron chi connectivity index (χ3n) is 6.94. The van der Waals surface area contributed by atoms with E-state index < -0.39 is 11.9 Å². The number of carbonyl (C=O) groups excluding carboxylic acids is 2. The van der Waals surface area contributed by atoms with Crippen molar-refractivity contribution in [3.05, 3.63) is 80.5 Å². The molecule has 1 N–H and O–H groups in total. The maximum Gasteiger partial charge on any atom is 0.341 e. The van der Waals surface area contributed by atoms with Gasteiger partial charge in [0.05, 0.1) is 17.6 Å². The van der Waals surface area contributed by atoms with E-state index in [1.807, 2.05) is 24.3 Å². The van der Waals surface area contributed by atoms with Crippen molar-refractivity contribution in [3.63, 3.8) is 0 Å². The number of thiophene rings is 1. The van der Waals surface area contributed by atoms with E-state index in [1.54, 1.807) is 25.1 Å². The van der Waals surface area contributed by atoms with Crippen molar-refractivity contribution in [1.29, 1.82) is 0 Å². The zero-order chi connectivity index (χ0) is 29.1. The van der Waals surface area contributed by atoms with Gasteiger partial charge in [0.1, 0.15) is 28.3 Å². The predicted molar refractivity (Wildman–Crippen MR) is 159 cm³/mol. The van der Waals surface area contributed by atoms with E-state index in [0.29, 0.717) is 33.0 Å². The van der Waals surface area contributed by atoms with Gasteiger partial charge in [0.15, 0.2) is 6.61 Å². The Morgan fingerprint density at radius 3 is 2.49 bits per heavy atom. The summed E-state index contributed by atoms with van der Waals surface area (Å²) in [6.07, 6.45) is 5.02. The Hall–Kier alpha value is -4.11. The molecule has 0 saturated heterocycles. The second-order valence-corrected chi connectivity index (χ2v) is 12.0. The Kier molecular flexibility index (Phi) is 8.17. The number of nitrogens with one attached hydrogen (secondary N) is 1. The van der Waals surface area contributed by atoms with Gasteiger partial charge in [-0.3, -0.25) is 9.59 Å². The average Bonchev–Trinajstić information content (AvgIpc) is 3.31. The quantitative estimate of drug-likeness (QED) is 0.225. The molecule has 8 nitrogen and oxygen atoms in total. The highest BCUT2D eigenvalue weighted by Crippen LogP contribution is 2.38. The van der Waals surface area contributed by atoms with Crippen LogP contribution in [0.4, 0.5) is 5.00 Å². The summed E-state index contributed by atoms with van der Waals surface area (Å²) < 4.78 is 22.4. The van der Waals surface area contributed by atoms with Gasteiger partial charge in [-0.1, -0.05) is 32.9 Å². The maximum absolute atomic E-state index is 13.0. The zero-order valence-electron chi connectivity index (χ0n) is 23.6. The normalized spacial score (nSPS) is 13.0. The summed E-state index contributed by atoms with van der Waals surface area (Å²) in [6, 6.07) is 12.3. The Morgan fingerprint density at radius 2 is 1.76 bits per heavy atom. The van der Waals surface area contributed by atoms with Crippen molar-refractivity contribution in [2.45, 2.75) is 58.8 Å². The van der Waals surface area contributed by atoms with Crippen molar-refractivity contribution in [1.82, 2.24) is 0 Å². The van der Waals surface area contributed by atoms with Crippen LogP contribution in [0.5, 0.6) is 17.2 Å². The molecular weight excluding hydrogens is 542 g/mol. The first-order valence-electron chi connectivity index (χ1n) is 13.7. The lowest BCUT2D eigenvalue weighted by molar-refractivity contribution is -0.118. The molecule has 0 fully saturated rings. The summed E-state index contributed by atoms with van der Waals surface area (Å²) in [5.41, 5.74) is 2.59. The number of aryl methyl sites for hydroxylation is 1. The van der Waals surface area contributed by atoms with Gasteiger partial charge in [-0.05, 0) is 73.4 Å². The van der Waals surface area contributed by atoms with Gasteiger partial charge in [-0.15, -0.1) is 11.3 Å². The minimum atomic E-state index is -0.419. The summed E-state index contributed by atoms with van der Waals surface area (Å²) in [5.74, 6) is 0.145. The number of ether oxygens (including phenoxy) is 3. The van der Waals surface area contributed by atoms with Crippen molar-refractivity contribution in [3.8, 4) is 17.2 Å². The molecule has 1 aliphatic carbocycles. The van der Waals surface area contributed by atoms with Gasteiger partial charge in [0.2, 0.25) is 11.2 Å². The van der Waals surface area contributed by atoms with Crippen LogP contribution in [-0.4, -0.2) is 25.1 Å². The van der Waals surface area contributed by atoms with Crippen molar-refractivity contribution in [2.75, 3.05) is 18.5 Å². The molecule has 214 valence electrons. The maximum atomic E-state index is 13.0. The van der Waals surface area contributed by atoms with Crippen LogP contribution in [0.1, 0.15) is 66.9 Å². The lowest BCUT2D eigenvalue weighted by Gasteiger charge is -2.19. The summed E-state index contributed by atoms with van der Waals surface area (Å²) in [5, 5.41) is 3.65. The van der Waals surface area contributed by atoms with Crippen LogP contribution < -0.4 is 20.2 Å². The standard InChI is InChI=1S/C32H33NO7S/c1-5-37-31(36)28-23-8-6-7-9-26(23)41-30(28)33-27(34)18-38-21-14-15-22-24(16-21)39-17-25(29(22)35)40-20-12-10-19(11-13-20)32(2,3)4/h10-17H,5-9,18H2,1-4H3,(H,33,34). The Morgan fingerprint density at radius 1 is 1.02 bits per heavy atom. The van der Waals surface area contributed by atoms with E-state index in [0.717, 1.165) is 41.7 Å². The van der Waals surface area contributed by atoms with Gasteiger partial charge in [-0.25, -0.2) is 4.79 Å². The van der Waals surface area contributed by atoms with Gasteiger partial charge >= 0.3 is 5.97 Å². The largest absolute Gasteiger partial charge is 0.484 e. The van der Waals surface area contributed by atoms with Crippen LogP contribution in [0.25, 0.3) is 11.0 Å². The molecule has 1 aliphatic rings. The fourth-order valence-electron chi connectivity index (χ4n) is 4.79. The molecular formula is C32H33NO7S. The van der Waals surface area contributed by atoms with Crippen LogP contribution >= 0.6 is 11.3 Å². The second kappa shape index (κ2) is 11.8. The monoisotopic (exact) mass is 575 g/mol. The average molecular weight is 576 g/mol. The summed E-state index contributed by atoms with van der Waals surface area (Å²) in [6.45, 7) is 8.12. The third-order valence-corrected chi connectivity index (χ3v) is 8.14. The number of carbonyl (C=O) groups is 2. The van der Waals surface area contributed by atoms with Gasteiger partial charge < -0.3 is 23.9 Å². The molecule has 0 radical (unpaired) electrons. The van der Waals surface area contributed by atoms with E-state index in [-0.39, 0.29) is 29.8 Å². The smallest absolute Gasteiger partial charge is 0.341 e. The molecule has 0 bridgehead atoms. The van der Waals surface area contributed by atoms with Crippen molar-refractivity contribution in [2.24, 2.45) is 0 Å². The molecule has 0 aliphatic heterocycles. The minimum absolute atomic E-state index is 0.00988. The first-order chi connectivity index (χ1) is 19.6. The number of anilines is 1. The first-order valence-corrected chi connectivity index (χ1v) is 14.5. The highest BCUT2D eigenvalue weighted by atomic mass is 32.1. The van der Waals surface area contributed by atoms with Crippen LogP contribution in [0, 0.1) is 0 Å². The van der Waals surface area contributed by atoms with Crippen LogP contribution in [-0.2, 0) is 27.8 Å². The topological polar surface area (TPSA) is 104 Å². The molecule has 2 aromatic heterocycles. The molecule has 2 aromatic carbocycles. The van der Waals surface area contributed by atoms with Crippen LogP contribution in [0.2, 0.25) is 0 Å². The molecule has 5 rings (SSSR count). The SMILES string of the molecule is CCOC(=O)c1c(NC(=O)COc2ccc3c(=O)c(Oc4ccc(C(C)(C)C)cc4)coc3c2)sc2c1CCCC2. The molecule has 0 unspecified atom stereocenters. The summed E-state index contributed by atoms with van der Waals surface area (Å²) in [7, 11) is 0. The Bertz CT molecular complexity index is 1640. The van der Waals surface area contributed by atoms with E-state index in [9.17, 15) is 14.4 Å². The second-order valence-electron chi connectivity index (χ2n) is 10.9. The summed E-state index contributed by atoms with van der Waals surface area (Å²) >= 11 is 1.42. The number of fused-ring (bicyclic) bond motifs is 2. The molecule has 0 atom stereocenters. The zero-order valence-corrected chi connectivity index (χ0v) is 24.4. The first kappa shape index (κ1) is 28.4. The summed E-state index contributed by atoms with van der Waals surface area (Å²) in [4.78, 5) is 39.6. The van der Waals surface area contributed by atoms with Crippen LogP contribution in [0.15, 0.2) is 57.9 Å². The Balaban J connectivity index is 1.26. The van der Waals surface area contributed by atoms with Gasteiger partial charge in [-0.2, -0.15) is 0 Å². The lowest BCUT2D eigenvalue weighted by Crippen LogP contribution is -2.21. The molecule has 9 heteroatoms. The molecule has 4 aromatic rings. The van der Waals surface area contributed by atoms with Gasteiger partial charge in [0.25, 0.3) is 5.91 Å². The number of rotatable bonds is 8. The highest BCUT2D eigenvalue weighted by molar-refractivity contribution is 7.17. The number of amides is 1. The fraction of sp³-hybridized carbons (Fsp3) is 0.344. The third kappa shape index (κ3) is 6.30. The number of hydrogen-bond donors (Lipinski definition) is 1. The van der Waals surface area contributed by atoms with E-state index in [1.165, 1.54) is 17.6 Å². The number of hydrogen-bond acceptors (Lipinski definition) is 8. The number of esters is 1. The lowest BCUT2D eigenvalue weighted by atomic mass is 9.87. The van der Waals surface area contributed by atoms with E-state index in [4.69, 9.17) is 18.6 Å². The van der Waals surface area contributed by atoms with E-state index >= 15 is 0 Å². The Labute approximate surface area is 242 Å². The van der Waals surface area contributed by atoms with Gasteiger partial charge in [0, 0.05) is 10.9 Å². The highest BCUT2D eigenvalue weighted by Gasteiger charge is 2.27. The molecule has 0 spiro atoms. The van der Waals surface area contributed by atoms with Crippen LogP contribution in [0.3, 0.4) is 0 Å². The fourth-order valence-corrected chi connectivity index (χ4v) is 6.08. The predicted octanol–water partition coefficient (Wildman–Crippen LogP) is 7.02. The number of benzene rings is 2. The minimum Gasteiger partial charge on any atom is -0.484 e. The van der Waals surface area contributed by atoms with Crippen molar-refractivity contribution < 1.29 is 28.2 Å².